The summed E-state index contributed by atoms with van der Waals surface area (Å²) in [6.45, 7) is 0. The minimum atomic E-state index is -0.266. The first-order valence-electron chi connectivity index (χ1n) is 7.34. The highest BCUT2D eigenvalue weighted by atomic mass is 16.1. The smallest absolute Gasteiger partial charge is 0.248 e. The predicted molar refractivity (Wildman–Crippen MR) is 92.4 cm³/mol. The number of nitrogens with one attached hydrogen (secondary N) is 1. The molecule has 2 aromatic carbocycles. The van der Waals surface area contributed by atoms with Gasteiger partial charge in [0.25, 0.3) is 0 Å². The van der Waals surface area contributed by atoms with Gasteiger partial charge in [-0.2, -0.15) is 10.4 Å². The molecule has 1 aromatic heterocycles. The van der Waals surface area contributed by atoms with Crippen LogP contribution >= 0.6 is 0 Å². The lowest BCUT2D eigenvalue weighted by molar-refractivity contribution is -0.111. The van der Waals surface area contributed by atoms with Crippen LogP contribution in [-0.2, 0) is 4.79 Å². The molecule has 116 valence electrons. The molecule has 5 nitrogen and oxygen atoms in total. The monoisotopic (exact) mass is 314 g/mol. The van der Waals surface area contributed by atoms with Crippen LogP contribution in [0.4, 0.5) is 5.69 Å². The summed E-state index contributed by atoms with van der Waals surface area (Å²) in [5.41, 5.74) is 2.86. The zero-order valence-corrected chi connectivity index (χ0v) is 12.8. The predicted octanol–water partition coefficient (Wildman–Crippen LogP) is 3.40. The summed E-state index contributed by atoms with van der Waals surface area (Å²) >= 11 is 0. The van der Waals surface area contributed by atoms with Gasteiger partial charge in [-0.15, -0.1) is 0 Å². The summed E-state index contributed by atoms with van der Waals surface area (Å²) < 4.78 is 1.74. The van der Waals surface area contributed by atoms with Gasteiger partial charge in [-0.3, -0.25) is 4.79 Å². The van der Waals surface area contributed by atoms with Gasteiger partial charge in [0.15, 0.2) is 0 Å². The fourth-order valence-electron chi connectivity index (χ4n) is 2.17. The summed E-state index contributed by atoms with van der Waals surface area (Å²) in [6, 6.07) is 18.5. The first-order valence-corrected chi connectivity index (χ1v) is 7.34. The van der Waals surface area contributed by atoms with E-state index in [1.165, 1.54) is 6.08 Å². The van der Waals surface area contributed by atoms with E-state index in [0.717, 1.165) is 11.3 Å². The van der Waals surface area contributed by atoms with Crippen molar-refractivity contribution in [2.45, 2.75) is 0 Å². The van der Waals surface area contributed by atoms with Crippen LogP contribution in [0, 0.1) is 11.3 Å². The Morgan fingerprint density at radius 2 is 2.00 bits per heavy atom. The lowest BCUT2D eigenvalue weighted by Gasteiger charge is -2.01. The maximum atomic E-state index is 12.0. The van der Waals surface area contributed by atoms with Crippen molar-refractivity contribution >= 4 is 17.7 Å². The van der Waals surface area contributed by atoms with Gasteiger partial charge in [-0.05, 0) is 36.4 Å². The number of hydrogen-bond donors (Lipinski definition) is 1. The topological polar surface area (TPSA) is 70.7 Å². The van der Waals surface area contributed by atoms with Gasteiger partial charge in [0.2, 0.25) is 5.91 Å². The lowest BCUT2D eigenvalue weighted by Crippen LogP contribution is -2.07. The Hall–Kier alpha value is -3.65. The third-order valence-corrected chi connectivity index (χ3v) is 3.31. The maximum Gasteiger partial charge on any atom is 0.248 e. The molecule has 1 amide bonds. The minimum absolute atomic E-state index is 0.266. The second kappa shape index (κ2) is 7.07. The average molecular weight is 314 g/mol. The number of carbonyl (C=O) groups is 1. The third kappa shape index (κ3) is 3.76. The molecule has 0 atom stereocenters. The van der Waals surface area contributed by atoms with Crippen LogP contribution in [0.15, 0.2) is 73.1 Å². The molecule has 0 fully saturated rings. The molecule has 1 heterocycles. The SMILES string of the molecule is N#Cc1cccc(NC(=O)/C=C/c2cnn(-c3ccccc3)c2)c1. The van der Waals surface area contributed by atoms with Gasteiger partial charge in [0.05, 0.1) is 23.5 Å². The van der Waals surface area contributed by atoms with Crippen molar-refractivity contribution in [2.24, 2.45) is 0 Å². The van der Waals surface area contributed by atoms with E-state index >= 15 is 0 Å². The molecule has 0 saturated heterocycles. The van der Waals surface area contributed by atoms with Crippen molar-refractivity contribution in [2.75, 3.05) is 5.32 Å². The summed E-state index contributed by atoms with van der Waals surface area (Å²) in [4.78, 5) is 12.0. The third-order valence-electron chi connectivity index (χ3n) is 3.31. The number of rotatable bonds is 4. The Kier molecular flexibility index (Phi) is 4.50. The molecule has 5 heteroatoms. The molecular weight excluding hydrogens is 300 g/mol. The number of aromatic nitrogens is 2. The fourth-order valence-corrected chi connectivity index (χ4v) is 2.17. The van der Waals surface area contributed by atoms with E-state index in [1.807, 2.05) is 42.6 Å². The number of hydrogen-bond acceptors (Lipinski definition) is 3. The van der Waals surface area contributed by atoms with Crippen LogP contribution in [0.25, 0.3) is 11.8 Å². The van der Waals surface area contributed by atoms with Crippen LogP contribution in [0.3, 0.4) is 0 Å². The minimum Gasteiger partial charge on any atom is -0.322 e. The van der Waals surface area contributed by atoms with Crippen LogP contribution in [-0.4, -0.2) is 15.7 Å². The van der Waals surface area contributed by atoms with Crippen LogP contribution in [0.5, 0.6) is 0 Å². The van der Waals surface area contributed by atoms with E-state index in [-0.39, 0.29) is 5.91 Å². The summed E-state index contributed by atoms with van der Waals surface area (Å²) in [7, 11) is 0. The molecule has 0 aliphatic rings. The quantitative estimate of drug-likeness (QED) is 0.750. The number of carbonyl (C=O) groups excluding carboxylic acids is 1. The number of nitriles is 1. The van der Waals surface area contributed by atoms with Gasteiger partial charge in [0, 0.05) is 23.5 Å². The van der Waals surface area contributed by atoms with Crippen LogP contribution < -0.4 is 5.32 Å². The summed E-state index contributed by atoms with van der Waals surface area (Å²) in [5, 5.41) is 15.8. The first kappa shape index (κ1) is 15.3. The van der Waals surface area contributed by atoms with Gasteiger partial charge >= 0.3 is 0 Å². The highest BCUT2D eigenvalue weighted by molar-refractivity contribution is 6.01. The van der Waals surface area contributed by atoms with Crippen molar-refractivity contribution in [1.29, 1.82) is 5.26 Å². The zero-order chi connectivity index (χ0) is 16.8. The highest BCUT2D eigenvalue weighted by Crippen LogP contribution is 2.11. The van der Waals surface area contributed by atoms with E-state index in [9.17, 15) is 4.79 Å². The van der Waals surface area contributed by atoms with E-state index in [2.05, 4.69) is 10.4 Å². The van der Waals surface area contributed by atoms with Crippen LogP contribution in [0.1, 0.15) is 11.1 Å². The van der Waals surface area contributed by atoms with E-state index in [1.54, 1.807) is 41.2 Å². The molecule has 0 aliphatic carbocycles. The summed E-state index contributed by atoms with van der Waals surface area (Å²) in [6.07, 6.45) is 6.66. The average Bonchev–Trinajstić information content (AvgIpc) is 3.10. The second-order valence-electron chi connectivity index (χ2n) is 5.07. The van der Waals surface area contributed by atoms with Gasteiger partial charge < -0.3 is 5.32 Å². The molecule has 24 heavy (non-hydrogen) atoms. The summed E-state index contributed by atoms with van der Waals surface area (Å²) in [5.74, 6) is -0.266. The number of benzene rings is 2. The molecule has 0 aliphatic heterocycles. The van der Waals surface area contributed by atoms with Crippen LogP contribution in [0.2, 0.25) is 0 Å². The number of amides is 1. The van der Waals surface area contributed by atoms with Gasteiger partial charge in [-0.25, -0.2) is 4.68 Å². The normalized spacial score (nSPS) is 10.5. The number of anilines is 1. The van der Waals surface area contributed by atoms with Crippen molar-refractivity contribution in [1.82, 2.24) is 9.78 Å². The molecule has 3 rings (SSSR count). The van der Waals surface area contributed by atoms with E-state index in [4.69, 9.17) is 5.26 Å². The molecule has 3 aromatic rings. The highest BCUT2D eigenvalue weighted by Gasteiger charge is 2.01. The number of para-hydroxylation sites is 1. The Bertz CT molecular complexity index is 920. The fraction of sp³-hybridized carbons (Fsp3) is 0. The number of nitrogens with zero attached hydrogens (tertiary/aromatic N) is 3. The Morgan fingerprint density at radius 1 is 1.17 bits per heavy atom. The van der Waals surface area contributed by atoms with Crippen molar-refractivity contribution in [3.8, 4) is 11.8 Å². The van der Waals surface area contributed by atoms with Crippen molar-refractivity contribution in [3.63, 3.8) is 0 Å². The zero-order valence-electron chi connectivity index (χ0n) is 12.8. The Morgan fingerprint density at radius 3 is 2.79 bits per heavy atom. The van der Waals surface area contributed by atoms with Gasteiger partial charge in [-0.1, -0.05) is 24.3 Å². The Labute approximate surface area is 139 Å². The second-order valence-corrected chi connectivity index (χ2v) is 5.07. The Balaban J connectivity index is 1.66. The molecule has 0 saturated carbocycles. The molecule has 0 unspecified atom stereocenters. The first-order chi connectivity index (χ1) is 11.7. The largest absolute Gasteiger partial charge is 0.322 e. The molecular formula is C19H14N4O. The standard InChI is InChI=1S/C19H14N4O/c20-12-15-5-4-6-17(11-15)22-19(24)10-9-16-13-21-23(14-16)18-7-2-1-3-8-18/h1-11,13-14H,(H,22,24)/b10-9+. The van der Waals surface area contributed by atoms with Crippen molar-refractivity contribution in [3.05, 3.63) is 84.2 Å². The molecule has 1 N–H and O–H groups in total. The molecule has 0 bridgehead atoms. The van der Waals surface area contributed by atoms with E-state index in [0.29, 0.717) is 11.3 Å². The van der Waals surface area contributed by atoms with E-state index < -0.39 is 0 Å². The van der Waals surface area contributed by atoms with Crippen molar-refractivity contribution < 1.29 is 4.79 Å². The lowest BCUT2D eigenvalue weighted by atomic mass is 10.2. The molecule has 0 spiro atoms. The maximum absolute atomic E-state index is 12.0. The molecule has 0 radical (unpaired) electrons. The van der Waals surface area contributed by atoms with Gasteiger partial charge in [0.1, 0.15) is 0 Å².